The lowest BCUT2D eigenvalue weighted by Crippen LogP contribution is -2.48. The maximum atomic E-state index is 13.7. The van der Waals surface area contributed by atoms with Gasteiger partial charge in [-0.05, 0) is 49.6 Å². The van der Waals surface area contributed by atoms with Crippen molar-refractivity contribution in [2.75, 3.05) is 17.0 Å². The molecule has 0 aliphatic heterocycles. The van der Waals surface area contributed by atoms with Crippen LogP contribution in [0.15, 0.2) is 97.5 Å². The molecule has 4 rings (SSSR count). The van der Waals surface area contributed by atoms with Gasteiger partial charge in [0, 0.05) is 42.8 Å². The minimum atomic E-state index is -3.71. The second-order valence-electron chi connectivity index (χ2n) is 10.6. The third-order valence-corrected chi connectivity index (χ3v) is 8.42. The number of hydrogen-bond donors (Lipinski definition) is 5. The lowest BCUT2D eigenvalue weighted by atomic mass is 10.00. The van der Waals surface area contributed by atoms with Crippen molar-refractivity contribution in [2.45, 2.75) is 45.0 Å². The van der Waals surface area contributed by atoms with Gasteiger partial charge in [0.2, 0.25) is 10.0 Å². The topological polar surface area (TPSA) is 162 Å². The third-order valence-electron chi connectivity index (χ3n) is 7.11. The summed E-state index contributed by atoms with van der Waals surface area (Å²) >= 11 is 0. The Balaban J connectivity index is 1.57. The molecule has 0 aliphatic carbocycles. The van der Waals surface area contributed by atoms with Crippen molar-refractivity contribution in [3.05, 3.63) is 125 Å². The van der Waals surface area contributed by atoms with E-state index in [4.69, 9.17) is 0 Å². The van der Waals surface area contributed by atoms with E-state index in [-0.39, 0.29) is 35.2 Å². The van der Waals surface area contributed by atoms with E-state index >= 15 is 0 Å². The van der Waals surface area contributed by atoms with Gasteiger partial charge in [0.25, 0.3) is 11.8 Å². The molecule has 0 spiro atoms. The van der Waals surface area contributed by atoms with Crippen molar-refractivity contribution in [3.8, 4) is 0 Å². The van der Waals surface area contributed by atoms with E-state index < -0.39 is 34.0 Å². The van der Waals surface area contributed by atoms with Crippen LogP contribution in [0.5, 0.6) is 0 Å². The summed E-state index contributed by atoms with van der Waals surface area (Å²) in [7, 11) is -3.71. The van der Waals surface area contributed by atoms with Gasteiger partial charge in [-0.15, -0.1) is 0 Å². The summed E-state index contributed by atoms with van der Waals surface area (Å²) in [5.41, 5.74) is 2.72. The number of sulfonamides is 1. The predicted octanol–water partition coefficient (Wildman–Crippen LogP) is 3.22. The fourth-order valence-electron chi connectivity index (χ4n) is 4.62. The van der Waals surface area contributed by atoms with Gasteiger partial charge in [0.05, 0.1) is 35.3 Å². The van der Waals surface area contributed by atoms with Crippen molar-refractivity contribution in [1.82, 2.24) is 25.9 Å². The molecule has 3 aromatic carbocycles. The van der Waals surface area contributed by atoms with E-state index in [1.165, 1.54) is 25.1 Å². The summed E-state index contributed by atoms with van der Waals surface area (Å²) in [6, 6.07) is 21.9. The Morgan fingerprint density at radius 3 is 2.16 bits per heavy atom. The van der Waals surface area contributed by atoms with Crippen molar-refractivity contribution >= 4 is 27.5 Å². The number of carbonyl (C=O) groups is 2. The SMILES string of the molecule is CCS(=O)(=O)Nc1cc(C(=O)N[C@@H](Cc2ccccc2)[C@H](O)CNCc2cnccn2)cc(C(=O)N[C@H](C)c2ccccc2)c1. The molecule has 11 nitrogen and oxygen atoms in total. The van der Waals surface area contributed by atoms with E-state index in [2.05, 4.69) is 30.6 Å². The highest BCUT2D eigenvalue weighted by atomic mass is 32.2. The van der Waals surface area contributed by atoms with Crippen LogP contribution in [-0.2, 0) is 23.0 Å². The van der Waals surface area contributed by atoms with Crippen LogP contribution < -0.4 is 20.7 Å². The molecule has 4 aromatic rings. The summed E-state index contributed by atoms with van der Waals surface area (Å²) in [5, 5.41) is 20.1. The van der Waals surface area contributed by atoms with E-state index in [1.807, 2.05) is 67.6 Å². The highest BCUT2D eigenvalue weighted by molar-refractivity contribution is 7.92. The number of carbonyl (C=O) groups excluding carboxylic acids is 2. The predicted molar refractivity (Wildman–Crippen MR) is 173 cm³/mol. The Morgan fingerprint density at radius 2 is 1.53 bits per heavy atom. The van der Waals surface area contributed by atoms with Crippen LogP contribution in [0.2, 0.25) is 0 Å². The number of nitrogens with zero attached hydrogens (tertiary/aromatic N) is 2. The maximum Gasteiger partial charge on any atom is 0.251 e. The average Bonchev–Trinajstić information content (AvgIpc) is 3.05. The Bertz CT molecular complexity index is 1660. The molecule has 0 aliphatic rings. The number of aromatic nitrogens is 2. The van der Waals surface area contributed by atoms with Crippen LogP contribution in [0, 0.1) is 0 Å². The van der Waals surface area contributed by atoms with E-state index in [0.29, 0.717) is 18.7 Å². The molecule has 0 saturated carbocycles. The van der Waals surface area contributed by atoms with Crippen LogP contribution in [0.25, 0.3) is 0 Å². The monoisotopic (exact) mass is 630 g/mol. The van der Waals surface area contributed by atoms with Gasteiger partial charge < -0.3 is 21.1 Å². The van der Waals surface area contributed by atoms with Gasteiger partial charge in [-0.2, -0.15) is 0 Å². The molecular formula is C33H38N6O5S. The molecule has 2 amide bonds. The molecule has 45 heavy (non-hydrogen) atoms. The molecule has 0 fully saturated rings. The Hall–Kier alpha value is -4.65. The van der Waals surface area contributed by atoms with Crippen LogP contribution in [0.1, 0.15) is 57.4 Å². The Kier molecular flexibility index (Phi) is 11.7. The average molecular weight is 631 g/mol. The molecule has 1 heterocycles. The van der Waals surface area contributed by atoms with Crippen molar-refractivity contribution in [3.63, 3.8) is 0 Å². The summed E-state index contributed by atoms with van der Waals surface area (Å²) in [4.78, 5) is 35.3. The van der Waals surface area contributed by atoms with E-state index in [1.54, 1.807) is 18.6 Å². The van der Waals surface area contributed by atoms with Crippen LogP contribution >= 0.6 is 0 Å². The highest BCUT2D eigenvalue weighted by Crippen LogP contribution is 2.20. The molecular weight excluding hydrogens is 592 g/mol. The van der Waals surface area contributed by atoms with Gasteiger partial charge in [0.15, 0.2) is 0 Å². The van der Waals surface area contributed by atoms with Gasteiger partial charge in [0.1, 0.15) is 0 Å². The second kappa shape index (κ2) is 15.9. The molecule has 0 bridgehead atoms. The molecule has 1 aromatic heterocycles. The molecule has 0 radical (unpaired) electrons. The second-order valence-corrected chi connectivity index (χ2v) is 12.6. The smallest absolute Gasteiger partial charge is 0.251 e. The fraction of sp³-hybridized carbons (Fsp3) is 0.273. The number of amides is 2. The lowest BCUT2D eigenvalue weighted by Gasteiger charge is -2.25. The molecule has 12 heteroatoms. The van der Waals surface area contributed by atoms with Crippen molar-refractivity contribution in [1.29, 1.82) is 0 Å². The summed E-state index contributed by atoms with van der Waals surface area (Å²) in [6.45, 7) is 3.84. The maximum absolute atomic E-state index is 13.7. The lowest BCUT2D eigenvalue weighted by molar-refractivity contribution is 0.0829. The largest absolute Gasteiger partial charge is 0.390 e. The highest BCUT2D eigenvalue weighted by Gasteiger charge is 2.24. The summed E-state index contributed by atoms with van der Waals surface area (Å²) in [6.07, 6.45) is 4.10. The zero-order valence-electron chi connectivity index (χ0n) is 25.2. The first kappa shape index (κ1) is 33.2. The Morgan fingerprint density at radius 1 is 0.889 bits per heavy atom. The molecule has 3 atom stereocenters. The normalized spacial score (nSPS) is 13.3. The molecule has 0 saturated heterocycles. The van der Waals surface area contributed by atoms with Gasteiger partial charge in [-0.1, -0.05) is 60.7 Å². The molecule has 0 unspecified atom stereocenters. The summed E-state index contributed by atoms with van der Waals surface area (Å²) < 4.78 is 27.3. The molecule has 236 valence electrons. The minimum Gasteiger partial charge on any atom is -0.390 e. The first-order chi connectivity index (χ1) is 21.6. The van der Waals surface area contributed by atoms with Gasteiger partial charge in [-0.25, -0.2) is 8.42 Å². The summed E-state index contributed by atoms with van der Waals surface area (Å²) in [5.74, 6) is -1.25. The van der Waals surface area contributed by atoms with Crippen LogP contribution in [0.4, 0.5) is 5.69 Å². The van der Waals surface area contributed by atoms with Crippen LogP contribution in [-0.4, -0.2) is 59.8 Å². The number of aliphatic hydroxyl groups is 1. The fourth-order valence-corrected chi connectivity index (χ4v) is 5.24. The van der Waals surface area contributed by atoms with E-state index in [0.717, 1.165) is 11.1 Å². The number of rotatable bonds is 15. The Labute approximate surface area is 263 Å². The number of aliphatic hydroxyl groups excluding tert-OH is 1. The van der Waals surface area contributed by atoms with Crippen molar-refractivity contribution < 1.29 is 23.1 Å². The van der Waals surface area contributed by atoms with Crippen LogP contribution in [0.3, 0.4) is 0 Å². The van der Waals surface area contributed by atoms with Gasteiger partial charge in [-0.3, -0.25) is 24.3 Å². The van der Waals surface area contributed by atoms with E-state index in [9.17, 15) is 23.1 Å². The minimum absolute atomic E-state index is 0.0570. The van der Waals surface area contributed by atoms with Gasteiger partial charge >= 0.3 is 0 Å². The quantitative estimate of drug-likeness (QED) is 0.134. The zero-order chi connectivity index (χ0) is 32.2. The number of benzene rings is 3. The standard InChI is InChI=1S/C33H38N6O5S/c1-3-45(43,44)39-28-18-26(32(41)37-23(2)25-12-8-5-9-13-25)17-27(19-28)33(42)38-30(16-24-10-6-4-7-11-24)31(40)22-35-21-29-20-34-14-15-36-29/h4-15,17-20,23,30-31,35,39-40H,3,16,21-22H2,1-2H3,(H,37,41)(H,38,42)/t23-,30+,31-/m1/s1. The third kappa shape index (κ3) is 10.2. The first-order valence-electron chi connectivity index (χ1n) is 14.6. The molecule has 5 N–H and O–H groups in total. The van der Waals surface area contributed by atoms with Crippen molar-refractivity contribution in [2.24, 2.45) is 0 Å². The number of anilines is 1. The number of nitrogens with one attached hydrogen (secondary N) is 4. The number of hydrogen-bond acceptors (Lipinski definition) is 8. The zero-order valence-corrected chi connectivity index (χ0v) is 26.0. The first-order valence-corrected chi connectivity index (χ1v) is 16.3.